The van der Waals surface area contributed by atoms with Crippen molar-refractivity contribution in [3.63, 3.8) is 0 Å². The average Bonchev–Trinajstić information content (AvgIpc) is 3.36. The van der Waals surface area contributed by atoms with E-state index < -0.39 is 11.9 Å². The number of ether oxygens (including phenoxy) is 2. The van der Waals surface area contributed by atoms with Crippen molar-refractivity contribution in [3.8, 4) is 5.88 Å². The van der Waals surface area contributed by atoms with Gasteiger partial charge in [-0.15, -0.1) is 11.8 Å². The molecule has 0 unspecified atom stereocenters. The van der Waals surface area contributed by atoms with Crippen LogP contribution < -0.4 is 4.74 Å². The molecule has 23 heavy (non-hydrogen) atoms. The Balaban J connectivity index is 1.41. The normalized spacial score (nSPS) is 13.6. The molecule has 5 nitrogen and oxygen atoms in total. The van der Waals surface area contributed by atoms with Crippen LogP contribution in [0.2, 0.25) is 0 Å². The minimum atomic E-state index is -0.719. The van der Waals surface area contributed by atoms with E-state index >= 15 is 0 Å². The topological polar surface area (TPSA) is 61.3 Å². The first kappa shape index (κ1) is 15.7. The van der Waals surface area contributed by atoms with E-state index in [0.717, 1.165) is 16.3 Å². The second kappa shape index (κ2) is 7.41. The summed E-state index contributed by atoms with van der Waals surface area (Å²) in [5, 5.41) is 0.732. The van der Waals surface area contributed by atoms with Gasteiger partial charge >= 0.3 is 5.97 Å². The van der Waals surface area contributed by atoms with E-state index in [0.29, 0.717) is 5.56 Å². The monoisotopic (exact) mass is 334 g/mol. The molecular weight excluding hydrogens is 319 g/mol. The molecule has 0 spiro atoms. The Kier molecular flexibility index (Phi) is 5.07. The van der Waals surface area contributed by atoms with E-state index in [2.05, 4.69) is 9.97 Å². The summed E-state index contributed by atoms with van der Waals surface area (Å²) < 4.78 is 23.1. The van der Waals surface area contributed by atoms with E-state index in [4.69, 9.17) is 9.47 Å². The molecule has 0 radical (unpaired) electrons. The number of thioether (sulfide) groups is 1. The number of carbonyl (C=O) groups is 1. The van der Waals surface area contributed by atoms with E-state index in [1.165, 1.54) is 19.0 Å². The largest absolute Gasteiger partial charge is 0.473 e. The Labute approximate surface area is 137 Å². The molecule has 0 saturated heterocycles. The summed E-state index contributed by atoms with van der Waals surface area (Å²) in [6.45, 7) is 0.134. The molecule has 0 amide bonds. The molecule has 0 atom stereocenters. The van der Waals surface area contributed by atoms with Crippen molar-refractivity contribution in [3.05, 3.63) is 48.2 Å². The fraction of sp³-hybridized carbons (Fsp3) is 0.312. The Morgan fingerprint density at radius 3 is 2.70 bits per heavy atom. The van der Waals surface area contributed by atoms with Crippen molar-refractivity contribution in [2.24, 2.45) is 0 Å². The summed E-state index contributed by atoms with van der Waals surface area (Å²) in [4.78, 5) is 20.1. The minimum absolute atomic E-state index is 0.0512. The first-order valence-electron chi connectivity index (χ1n) is 7.25. The van der Waals surface area contributed by atoms with Crippen LogP contribution in [0.15, 0.2) is 41.6 Å². The average molecular weight is 334 g/mol. The molecule has 1 heterocycles. The van der Waals surface area contributed by atoms with E-state index in [1.807, 2.05) is 23.9 Å². The van der Waals surface area contributed by atoms with Gasteiger partial charge in [0.2, 0.25) is 11.8 Å². The third-order valence-corrected chi connectivity index (χ3v) is 4.42. The zero-order chi connectivity index (χ0) is 16.1. The quantitative estimate of drug-likeness (QED) is 0.573. The van der Waals surface area contributed by atoms with Gasteiger partial charge in [0, 0.05) is 10.1 Å². The van der Waals surface area contributed by atoms with Gasteiger partial charge in [0.15, 0.2) is 0 Å². The second-order valence-corrected chi connectivity index (χ2v) is 6.38. The lowest BCUT2D eigenvalue weighted by molar-refractivity contribution is 0.0447. The maximum atomic E-state index is 12.8. The maximum absolute atomic E-state index is 12.8. The van der Waals surface area contributed by atoms with Gasteiger partial charge in [-0.25, -0.2) is 4.79 Å². The second-order valence-electron chi connectivity index (χ2n) is 5.01. The summed E-state index contributed by atoms with van der Waals surface area (Å²) in [6, 6.07) is 7.37. The molecule has 0 N–H and O–H groups in total. The zero-order valence-electron chi connectivity index (χ0n) is 12.3. The van der Waals surface area contributed by atoms with Gasteiger partial charge in [-0.3, -0.25) is 4.98 Å². The molecule has 7 heteroatoms. The Hall–Kier alpha value is -2.15. The summed E-state index contributed by atoms with van der Waals surface area (Å²) >= 11 is 1.83. The number of esters is 1. The number of rotatable bonds is 7. The van der Waals surface area contributed by atoms with Crippen LogP contribution in [0, 0.1) is 5.95 Å². The maximum Gasteiger partial charge on any atom is 0.338 e. The molecule has 1 aromatic carbocycles. The Bertz CT molecular complexity index is 677. The van der Waals surface area contributed by atoms with Gasteiger partial charge in [-0.1, -0.05) is 0 Å². The smallest absolute Gasteiger partial charge is 0.338 e. The summed E-state index contributed by atoms with van der Waals surface area (Å²) in [5.74, 6) is -1.08. The van der Waals surface area contributed by atoms with Crippen molar-refractivity contribution >= 4 is 17.7 Å². The highest BCUT2D eigenvalue weighted by Crippen LogP contribution is 2.38. The molecule has 1 aliphatic rings. The number of halogens is 1. The lowest BCUT2D eigenvalue weighted by Gasteiger charge is -2.07. The van der Waals surface area contributed by atoms with Crippen molar-refractivity contribution in [2.45, 2.75) is 23.0 Å². The molecule has 3 rings (SSSR count). The van der Waals surface area contributed by atoms with E-state index in [1.54, 1.807) is 12.1 Å². The van der Waals surface area contributed by atoms with Crippen LogP contribution in [0.1, 0.15) is 23.2 Å². The first-order chi connectivity index (χ1) is 11.2. The highest BCUT2D eigenvalue weighted by atomic mass is 32.2. The fourth-order valence-corrected chi connectivity index (χ4v) is 2.86. The highest BCUT2D eigenvalue weighted by molar-refractivity contribution is 8.00. The Morgan fingerprint density at radius 1 is 1.22 bits per heavy atom. The van der Waals surface area contributed by atoms with Crippen LogP contribution in [0.4, 0.5) is 4.39 Å². The molecule has 1 aromatic heterocycles. The molecule has 1 saturated carbocycles. The molecule has 0 aliphatic heterocycles. The van der Waals surface area contributed by atoms with Crippen molar-refractivity contribution in [1.29, 1.82) is 0 Å². The first-order valence-corrected chi connectivity index (χ1v) is 8.13. The van der Waals surface area contributed by atoms with E-state index in [9.17, 15) is 9.18 Å². The number of hydrogen-bond acceptors (Lipinski definition) is 6. The SMILES string of the molecule is O=C(OCCOc1cncc(F)n1)c1ccc(SC2CC2)cc1. The summed E-state index contributed by atoms with van der Waals surface area (Å²) in [5.41, 5.74) is 0.496. The molecule has 0 bridgehead atoms. The van der Waals surface area contributed by atoms with Crippen LogP contribution in [0.25, 0.3) is 0 Å². The number of carbonyl (C=O) groups excluding carboxylic acids is 1. The number of benzene rings is 1. The fourth-order valence-electron chi connectivity index (χ4n) is 1.81. The molecule has 1 aliphatic carbocycles. The van der Waals surface area contributed by atoms with Gasteiger partial charge < -0.3 is 9.47 Å². The van der Waals surface area contributed by atoms with Crippen LogP contribution in [0.5, 0.6) is 5.88 Å². The summed E-state index contributed by atoms with van der Waals surface area (Å²) in [7, 11) is 0. The van der Waals surface area contributed by atoms with Gasteiger partial charge in [-0.2, -0.15) is 9.37 Å². The van der Waals surface area contributed by atoms with Gasteiger partial charge in [0.1, 0.15) is 13.2 Å². The predicted octanol–water partition coefficient (Wildman–Crippen LogP) is 3.11. The van der Waals surface area contributed by atoms with Crippen molar-refractivity contribution in [1.82, 2.24) is 9.97 Å². The van der Waals surface area contributed by atoms with E-state index in [-0.39, 0.29) is 19.1 Å². The highest BCUT2D eigenvalue weighted by Gasteiger charge is 2.22. The van der Waals surface area contributed by atoms with Crippen LogP contribution in [-0.2, 0) is 4.74 Å². The Morgan fingerprint density at radius 2 is 2.00 bits per heavy atom. The number of nitrogens with zero attached hydrogens (tertiary/aromatic N) is 2. The lowest BCUT2D eigenvalue weighted by atomic mass is 10.2. The standard InChI is InChI=1S/C16H15FN2O3S/c17-14-9-18-10-15(19-14)21-7-8-22-16(20)11-1-3-12(4-2-11)23-13-5-6-13/h1-4,9-10,13H,5-8H2. The van der Waals surface area contributed by atoms with Crippen LogP contribution >= 0.6 is 11.8 Å². The van der Waals surface area contributed by atoms with Crippen molar-refractivity contribution < 1.29 is 18.7 Å². The summed E-state index contributed by atoms with van der Waals surface area (Å²) in [6.07, 6.45) is 4.81. The lowest BCUT2D eigenvalue weighted by Crippen LogP contribution is -2.13. The third kappa shape index (κ3) is 4.92. The number of hydrogen-bond donors (Lipinski definition) is 0. The molecule has 1 fully saturated rings. The van der Waals surface area contributed by atoms with Gasteiger partial charge in [0.25, 0.3) is 0 Å². The molecule has 120 valence electrons. The van der Waals surface area contributed by atoms with Crippen molar-refractivity contribution in [2.75, 3.05) is 13.2 Å². The predicted molar refractivity (Wildman–Crippen MR) is 83.1 cm³/mol. The molecule has 2 aromatic rings. The third-order valence-electron chi connectivity index (χ3n) is 3.07. The van der Waals surface area contributed by atoms with Crippen LogP contribution in [0.3, 0.4) is 0 Å². The minimum Gasteiger partial charge on any atom is -0.473 e. The molecular formula is C16H15FN2O3S. The zero-order valence-corrected chi connectivity index (χ0v) is 13.1. The van der Waals surface area contributed by atoms with Gasteiger partial charge in [-0.05, 0) is 37.1 Å². The van der Waals surface area contributed by atoms with Gasteiger partial charge in [0.05, 0.1) is 18.0 Å². The number of aromatic nitrogens is 2. The van der Waals surface area contributed by atoms with Crippen LogP contribution in [-0.4, -0.2) is 34.4 Å².